The normalized spacial score (nSPS) is 11.8. The van der Waals surface area contributed by atoms with Gasteiger partial charge in [-0.2, -0.15) is 5.26 Å². The Kier molecular flexibility index (Phi) is 6.08. The number of nitrogens with one attached hydrogen (secondary N) is 2. The van der Waals surface area contributed by atoms with Crippen LogP contribution in [-0.2, 0) is 4.79 Å². The quantitative estimate of drug-likeness (QED) is 0.304. The van der Waals surface area contributed by atoms with Gasteiger partial charge in [0.25, 0.3) is 0 Å². The maximum atomic E-state index is 13.0. The van der Waals surface area contributed by atoms with Crippen molar-refractivity contribution in [3.05, 3.63) is 90.1 Å². The van der Waals surface area contributed by atoms with E-state index in [2.05, 4.69) is 32.6 Å². The van der Waals surface area contributed by atoms with E-state index >= 15 is 0 Å². The molecule has 1 unspecified atom stereocenters. The monoisotopic (exact) mass is 478 g/mol. The Morgan fingerprint density at radius 1 is 1.09 bits per heavy atom. The molecule has 0 fully saturated rings. The van der Waals surface area contributed by atoms with Crippen molar-refractivity contribution < 1.29 is 4.79 Å². The molecule has 0 saturated heterocycles. The fourth-order valence-corrected chi connectivity index (χ4v) is 4.78. The summed E-state index contributed by atoms with van der Waals surface area (Å²) in [6.45, 7) is 3.85. The summed E-state index contributed by atoms with van der Waals surface area (Å²) in [5.74, 6) is 0.475. The second kappa shape index (κ2) is 9.49. The molecule has 0 radical (unpaired) electrons. The van der Waals surface area contributed by atoms with E-state index < -0.39 is 5.25 Å². The van der Waals surface area contributed by atoms with E-state index in [0.717, 1.165) is 27.7 Å². The zero-order valence-electron chi connectivity index (χ0n) is 19.2. The van der Waals surface area contributed by atoms with Crippen molar-refractivity contribution in [2.75, 3.05) is 5.32 Å². The van der Waals surface area contributed by atoms with E-state index in [1.807, 2.05) is 67.1 Å². The smallest absolute Gasteiger partial charge is 0.237 e. The number of aromatic amines is 1. The second-order valence-corrected chi connectivity index (χ2v) is 9.44. The molecule has 0 spiro atoms. The molecule has 172 valence electrons. The molecule has 5 aromatic rings. The van der Waals surface area contributed by atoms with Crippen LogP contribution in [0.2, 0.25) is 0 Å². The van der Waals surface area contributed by atoms with Crippen LogP contribution in [0.3, 0.4) is 0 Å². The lowest BCUT2D eigenvalue weighted by atomic mass is 10.1. The van der Waals surface area contributed by atoms with Gasteiger partial charge in [-0.1, -0.05) is 54.2 Å². The van der Waals surface area contributed by atoms with Crippen molar-refractivity contribution in [2.24, 2.45) is 0 Å². The van der Waals surface area contributed by atoms with Crippen LogP contribution in [-0.4, -0.2) is 30.9 Å². The van der Waals surface area contributed by atoms with E-state index in [1.54, 1.807) is 24.3 Å². The van der Waals surface area contributed by atoms with Crippen LogP contribution in [0.15, 0.2) is 84.1 Å². The van der Waals surface area contributed by atoms with Gasteiger partial charge in [0.1, 0.15) is 6.07 Å². The van der Waals surface area contributed by atoms with E-state index in [-0.39, 0.29) is 5.91 Å². The Hall–Kier alpha value is -4.35. The number of hydrogen-bond acceptors (Lipinski definition) is 5. The summed E-state index contributed by atoms with van der Waals surface area (Å²) >= 11 is 1.32. The summed E-state index contributed by atoms with van der Waals surface area (Å²) in [6.07, 6.45) is 1.93. The third kappa shape index (κ3) is 4.42. The molecule has 0 bridgehead atoms. The lowest BCUT2D eigenvalue weighted by molar-refractivity contribution is -0.115. The summed E-state index contributed by atoms with van der Waals surface area (Å²) in [5, 5.41) is 22.4. The number of carbonyl (C=O) groups excluding carboxylic acids is 1. The molecule has 5 rings (SSSR count). The van der Waals surface area contributed by atoms with Crippen LogP contribution >= 0.6 is 11.8 Å². The van der Waals surface area contributed by atoms with Crippen LogP contribution in [0.25, 0.3) is 28.0 Å². The first kappa shape index (κ1) is 22.4. The number of aromatic nitrogens is 4. The number of carbonyl (C=O) groups is 1. The van der Waals surface area contributed by atoms with Gasteiger partial charge in [-0.25, -0.2) is 0 Å². The number of anilines is 1. The van der Waals surface area contributed by atoms with Crippen molar-refractivity contribution in [1.29, 1.82) is 5.26 Å². The number of amides is 1. The molecule has 35 heavy (non-hydrogen) atoms. The van der Waals surface area contributed by atoms with Crippen molar-refractivity contribution >= 4 is 34.3 Å². The van der Waals surface area contributed by atoms with Crippen molar-refractivity contribution in [3.8, 4) is 23.1 Å². The summed E-state index contributed by atoms with van der Waals surface area (Å²) in [4.78, 5) is 16.3. The largest absolute Gasteiger partial charge is 0.360 e. The minimum absolute atomic E-state index is 0.217. The van der Waals surface area contributed by atoms with E-state index in [0.29, 0.717) is 22.2 Å². The number of hydrogen-bond donors (Lipinski definition) is 2. The fraction of sp³-hybridized carbons (Fsp3) is 0.111. The maximum Gasteiger partial charge on any atom is 0.237 e. The fourth-order valence-electron chi connectivity index (χ4n) is 3.91. The Bertz CT molecular complexity index is 1580. The first-order valence-corrected chi connectivity index (χ1v) is 12.0. The summed E-state index contributed by atoms with van der Waals surface area (Å²) in [7, 11) is 0. The first-order chi connectivity index (χ1) is 17.0. The van der Waals surface area contributed by atoms with Gasteiger partial charge >= 0.3 is 0 Å². The predicted molar refractivity (Wildman–Crippen MR) is 138 cm³/mol. The number of nitrogens with zero attached hydrogens (tertiary/aromatic N) is 4. The zero-order chi connectivity index (χ0) is 24.4. The van der Waals surface area contributed by atoms with Crippen LogP contribution in [0, 0.1) is 18.3 Å². The number of nitriles is 1. The molecule has 1 atom stereocenters. The summed E-state index contributed by atoms with van der Waals surface area (Å²) in [6, 6.07) is 25.2. The standard InChI is InChI=1S/C27H22N6OS/c1-17-8-7-10-20(14-17)33-25(22-16-29-24-13-6-4-11-21(22)24)31-32-27(33)35-18(2)26(34)30-23-12-5-3-9-19(23)15-28/h3-14,16,18,29H,1-2H3,(H,30,34). The van der Waals surface area contributed by atoms with Crippen LogP contribution < -0.4 is 5.32 Å². The molecule has 3 aromatic carbocycles. The predicted octanol–water partition coefficient (Wildman–Crippen LogP) is 5.72. The first-order valence-electron chi connectivity index (χ1n) is 11.1. The number of benzene rings is 3. The third-order valence-corrected chi connectivity index (χ3v) is 6.72. The average Bonchev–Trinajstić information content (AvgIpc) is 3.48. The molecule has 2 aromatic heterocycles. The Morgan fingerprint density at radius 3 is 2.71 bits per heavy atom. The lowest BCUT2D eigenvalue weighted by Crippen LogP contribution is -2.23. The topological polar surface area (TPSA) is 99.4 Å². The van der Waals surface area contributed by atoms with Crippen LogP contribution in [0.1, 0.15) is 18.1 Å². The van der Waals surface area contributed by atoms with Gasteiger partial charge < -0.3 is 10.3 Å². The Labute approximate surface area is 206 Å². The molecule has 0 aliphatic rings. The minimum atomic E-state index is -0.481. The molecule has 0 aliphatic carbocycles. The van der Waals surface area contributed by atoms with Gasteiger partial charge in [-0.05, 0) is 49.7 Å². The van der Waals surface area contributed by atoms with Crippen LogP contribution in [0.5, 0.6) is 0 Å². The molecule has 7 nitrogen and oxygen atoms in total. The van der Waals surface area contributed by atoms with E-state index in [4.69, 9.17) is 0 Å². The van der Waals surface area contributed by atoms with Gasteiger partial charge in [-0.3, -0.25) is 9.36 Å². The highest BCUT2D eigenvalue weighted by Crippen LogP contribution is 2.34. The molecular weight excluding hydrogens is 456 g/mol. The lowest BCUT2D eigenvalue weighted by Gasteiger charge is -2.14. The number of rotatable bonds is 6. The highest BCUT2D eigenvalue weighted by atomic mass is 32.2. The third-order valence-electron chi connectivity index (χ3n) is 5.68. The van der Waals surface area contributed by atoms with E-state index in [9.17, 15) is 10.1 Å². The van der Waals surface area contributed by atoms with Crippen molar-refractivity contribution in [1.82, 2.24) is 19.7 Å². The number of aryl methyl sites for hydroxylation is 1. The van der Waals surface area contributed by atoms with Gasteiger partial charge in [-0.15, -0.1) is 10.2 Å². The maximum absolute atomic E-state index is 13.0. The van der Waals surface area contributed by atoms with E-state index in [1.165, 1.54) is 11.8 Å². The Morgan fingerprint density at radius 2 is 1.89 bits per heavy atom. The van der Waals surface area contributed by atoms with Gasteiger partial charge in [0, 0.05) is 28.4 Å². The van der Waals surface area contributed by atoms with Gasteiger partial charge in [0.2, 0.25) is 5.91 Å². The van der Waals surface area contributed by atoms with Gasteiger partial charge in [0.05, 0.1) is 16.5 Å². The summed E-state index contributed by atoms with van der Waals surface area (Å²) in [5.41, 5.74) is 4.88. The second-order valence-electron chi connectivity index (χ2n) is 8.14. The number of fused-ring (bicyclic) bond motifs is 1. The molecule has 2 heterocycles. The highest BCUT2D eigenvalue weighted by Gasteiger charge is 2.23. The van der Waals surface area contributed by atoms with Crippen molar-refractivity contribution in [2.45, 2.75) is 24.3 Å². The minimum Gasteiger partial charge on any atom is -0.360 e. The SMILES string of the molecule is Cc1cccc(-n2c(SC(C)C(=O)Nc3ccccc3C#N)nnc2-c2c[nH]c3ccccc23)c1. The zero-order valence-corrected chi connectivity index (χ0v) is 20.0. The van der Waals surface area contributed by atoms with Crippen molar-refractivity contribution in [3.63, 3.8) is 0 Å². The number of thioether (sulfide) groups is 1. The number of para-hydroxylation sites is 2. The molecular formula is C27H22N6OS. The number of H-pyrrole nitrogens is 1. The summed E-state index contributed by atoms with van der Waals surface area (Å²) < 4.78 is 1.99. The molecule has 0 saturated carbocycles. The van der Waals surface area contributed by atoms with Gasteiger partial charge in [0.15, 0.2) is 11.0 Å². The molecule has 1 amide bonds. The molecule has 0 aliphatic heterocycles. The Balaban J connectivity index is 1.52. The molecule has 8 heteroatoms. The average molecular weight is 479 g/mol. The highest BCUT2D eigenvalue weighted by molar-refractivity contribution is 8.00. The molecule has 2 N–H and O–H groups in total. The van der Waals surface area contributed by atoms with Crippen LogP contribution in [0.4, 0.5) is 5.69 Å².